The van der Waals surface area contributed by atoms with Crippen molar-refractivity contribution in [3.8, 4) is 0 Å². The molecule has 18 heavy (non-hydrogen) atoms. The summed E-state index contributed by atoms with van der Waals surface area (Å²) in [6.45, 7) is 10.1. The quantitative estimate of drug-likeness (QED) is 0.867. The SMILES string of the molecule is CC(C)OC(Cc1ccccc1)C(O)C(C)(C)C. The lowest BCUT2D eigenvalue weighted by Gasteiger charge is -2.34. The van der Waals surface area contributed by atoms with E-state index in [2.05, 4.69) is 12.1 Å². The van der Waals surface area contributed by atoms with Crippen molar-refractivity contribution in [1.29, 1.82) is 0 Å². The van der Waals surface area contributed by atoms with Gasteiger partial charge in [-0.05, 0) is 24.8 Å². The molecule has 2 nitrogen and oxygen atoms in total. The lowest BCUT2D eigenvalue weighted by Crippen LogP contribution is -2.42. The summed E-state index contributed by atoms with van der Waals surface area (Å²) >= 11 is 0. The second kappa shape index (κ2) is 6.35. The third-order valence-electron chi connectivity index (χ3n) is 2.97. The molecule has 1 N–H and O–H groups in total. The summed E-state index contributed by atoms with van der Waals surface area (Å²) in [6, 6.07) is 10.2. The largest absolute Gasteiger partial charge is 0.390 e. The fourth-order valence-corrected chi connectivity index (χ4v) is 1.99. The van der Waals surface area contributed by atoms with E-state index in [0.717, 1.165) is 6.42 Å². The molecule has 1 rings (SSSR count). The van der Waals surface area contributed by atoms with E-state index in [9.17, 15) is 5.11 Å². The van der Waals surface area contributed by atoms with E-state index in [1.54, 1.807) is 0 Å². The molecular formula is C16H26O2. The Kier molecular flexibility index (Phi) is 5.36. The van der Waals surface area contributed by atoms with Crippen molar-refractivity contribution in [2.24, 2.45) is 5.41 Å². The number of aliphatic hydroxyl groups is 1. The zero-order valence-electron chi connectivity index (χ0n) is 12.2. The molecule has 0 saturated carbocycles. The van der Waals surface area contributed by atoms with Crippen LogP contribution in [0, 0.1) is 5.41 Å². The number of hydrogen-bond acceptors (Lipinski definition) is 2. The maximum atomic E-state index is 10.4. The van der Waals surface area contributed by atoms with Gasteiger partial charge in [-0.3, -0.25) is 0 Å². The van der Waals surface area contributed by atoms with E-state index in [1.807, 2.05) is 52.8 Å². The van der Waals surface area contributed by atoms with Crippen LogP contribution in [0.25, 0.3) is 0 Å². The Morgan fingerprint density at radius 3 is 2.11 bits per heavy atom. The topological polar surface area (TPSA) is 29.5 Å². The first-order valence-corrected chi connectivity index (χ1v) is 6.68. The molecule has 1 aromatic carbocycles. The van der Waals surface area contributed by atoms with Crippen LogP contribution in [0.3, 0.4) is 0 Å². The van der Waals surface area contributed by atoms with Crippen molar-refractivity contribution in [1.82, 2.24) is 0 Å². The molecule has 0 bridgehead atoms. The Bertz CT molecular complexity index is 338. The van der Waals surface area contributed by atoms with E-state index < -0.39 is 6.10 Å². The summed E-state index contributed by atoms with van der Waals surface area (Å²) in [5, 5.41) is 10.4. The summed E-state index contributed by atoms with van der Waals surface area (Å²) in [7, 11) is 0. The zero-order chi connectivity index (χ0) is 13.8. The molecule has 0 aliphatic heterocycles. The van der Waals surface area contributed by atoms with Gasteiger partial charge in [0.25, 0.3) is 0 Å². The van der Waals surface area contributed by atoms with E-state index in [0.29, 0.717) is 0 Å². The van der Waals surface area contributed by atoms with Gasteiger partial charge in [0.15, 0.2) is 0 Å². The lowest BCUT2D eigenvalue weighted by molar-refractivity contribution is -0.101. The molecule has 2 unspecified atom stereocenters. The predicted molar refractivity (Wildman–Crippen MR) is 75.6 cm³/mol. The highest BCUT2D eigenvalue weighted by Gasteiger charge is 2.31. The molecule has 0 aliphatic rings. The third-order valence-corrected chi connectivity index (χ3v) is 2.97. The molecule has 0 saturated heterocycles. The zero-order valence-corrected chi connectivity index (χ0v) is 12.2. The van der Waals surface area contributed by atoms with Crippen LogP contribution in [0.5, 0.6) is 0 Å². The summed E-state index contributed by atoms with van der Waals surface area (Å²) in [5.74, 6) is 0. The first kappa shape index (κ1) is 15.2. The molecule has 0 radical (unpaired) electrons. The Morgan fingerprint density at radius 2 is 1.67 bits per heavy atom. The van der Waals surface area contributed by atoms with Gasteiger partial charge in [-0.15, -0.1) is 0 Å². The van der Waals surface area contributed by atoms with Crippen LogP contribution in [0.4, 0.5) is 0 Å². The smallest absolute Gasteiger partial charge is 0.0882 e. The molecular weight excluding hydrogens is 224 g/mol. The van der Waals surface area contributed by atoms with Crippen LogP contribution in [0.1, 0.15) is 40.2 Å². The minimum absolute atomic E-state index is 0.121. The normalized spacial score (nSPS) is 15.7. The van der Waals surface area contributed by atoms with Crippen molar-refractivity contribution < 1.29 is 9.84 Å². The van der Waals surface area contributed by atoms with Gasteiger partial charge in [0.1, 0.15) is 0 Å². The maximum absolute atomic E-state index is 10.4. The second-order valence-electron chi connectivity index (χ2n) is 6.22. The molecule has 0 aromatic heterocycles. The minimum Gasteiger partial charge on any atom is -0.390 e. The molecule has 0 spiro atoms. The number of rotatable bonds is 5. The van der Waals surface area contributed by atoms with Crippen LogP contribution >= 0.6 is 0 Å². The molecule has 0 amide bonds. The van der Waals surface area contributed by atoms with Gasteiger partial charge in [0.2, 0.25) is 0 Å². The van der Waals surface area contributed by atoms with Gasteiger partial charge >= 0.3 is 0 Å². The number of hydrogen-bond donors (Lipinski definition) is 1. The Balaban J connectivity index is 2.79. The lowest BCUT2D eigenvalue weighted by atomic mass is 9.84. The average molecular weight is 250 g/mol. The Hall–Kier alpha value is -0.860. The van der Waals surface area contributed by atoms with Crippen LogP contribution in [-0.4, -0.2) is 23.4 Å². The number of aliphatic hydroxyl groups excluding tert-OH is 1. The van der Waals surface area contributed by atoms with Gasteiger partial charge in [-0.1, -0.05) is 51.1 Å². The Morgan fingerprint density at radius 1 is 1.11 bits per heavy atom. The van der Waals surface area contributed by atoms with E-state index in [4.69, 9.17) is 4.74 Å². The summed E-state index contributed by atoms with van der Waals surface area (Å²) in [6.07, 6.45) is 0.237. The molecule has 2 heteroatoms. The van der Waals surface area contributed by atoms with Crippen LogP contribution < -0.4 is 0 Å². The molecule has 0 heterocycles. The van der Waals surface area contributed by atoms with Gasteiger partial charge < -0.3 is 9.84 Å². The summed E-state index contributed by atoms with van der Waals surface area (Å²) in [5.41, 5.74) is 1.03. The van der Waals surface area contributed by atoms with Crippen molar-refractivity contribution in [2.45, 2.75) is 59.4 Å². The molecule has 1 aromatic rings. The minimum atomic E-state index is -0.472. The van der Waals surface area contributed by atoms with Crippen LogP contribution in [-0.2, 0) is 11.2 Å². The predicted octanol–water partition coefficient (Wildman–Crippen LogP) is 3.43. The number of ether oxygens (including phenoxy) is 1. The fourth-order valence-electron chi connectivity index (χ4n) is 1.99. The first-order chi connectivity index (χ1) is 8.30. The van der Waals surface area contributed by atoms with Gasteiger partial charge in [-0.2, -0.15) is 0 Å². The fraction of sp³-hybridized carbons (Fsp3) is 0.625. The highest BCUT2D eigenvalue weighted by atomic mass is 16.5. The van der Waals surface area contributed by atoms with Crippen molar-refractivity contribution in [3.63, 3.8) is 0 Å². The second-order valence-corrected chi connectivity index (χ2v) is 6.22. The standard InChI is InChI=1S/C16H26O2/c1-12(2)18-14(15(17)16(3,4)5)11-13-9-7-6-8-10-13/h6-10,12,14-15,17H,11H2,1-5H3. The summed E-state index contributed by atoms with van der Waals surface area (Å²) in [4.78, 5) is 0. The maximum Gasteiger partial charge on any atom is 0.0882 e. The van der Waals surface area contributed by atoms with E-state index in [-0.39, 0.29) is 17.6 Å². The molecule has 0 fully saturated rings. The van der Waals surface area contributed by atoms with E-state index in [1.165, 1.54) is 5.56 Å². The number of benzene rings is 1. The molecule has 2 atom stereocenters. The first-order valence-electron chi connectivity index (χ1n) is 6.68. The van der Waals surface area contributed by atoms with Gasteiger partial charge in [0, 0.05) is 6.42 Å². The third kappa shape index (κ3) is 4.79. The monoisotopic (exact) mass is 250 g/mol. The highest BCUT2D eigenvalue weighted by molar-refractivity contribution is 5.16. The summed E-state index contributed by atoms with van der Waals surface area (Å²) < 4.78 is 5.89. The van der Waals surface area contributed by atoms with Crippen molar-refractivity contribution in [2.75, 3.05) is 0 Å². The average Bonchev–Trinajstić information content (AvgIpc) is 2.26. The molecule has 0 aliphatic carbocycles. The van der Waals surface area contributed by atoms with Gasteiger partial charge in [0.05, 0.1) is 18.3 Å². The Labute approximate surface area is 111 Å². The van der Waals surface area contributed by atoms with Gasteiger partial charge in [-0.25, -0.2) is 0 Å². The van der Waals surface area contributed by atoms with Crippen molar-refractivity contribution in [3.05, 3.63) is 35.9 Å². The van der Waals surface area contributed by atoms with Crippen molar-refractivity contribution >= 4 is 0 Å². The van der Waals surface area contributed by atoms with E-state index >= 15 is 0 Å². The van der Waals surface area contributed by atoms with Crippen LogP contribution in [0.2, 0.25) is 0 Å². The highest BCUT2D eigenvalue weighted by Crippen LogP contribution is 2.26. The molecule has 102 valence electrons. The van der Waals surface area contributed by atoms with Crippen LogP contribution in [0.15, 0.2) is 30.3 Å².